The van der Waals surface area contributed by atoms with Gasteiger partial charge < -0.3 is 0 Å². The molecule has 4 heteroatoms. The van der Waals surface area contributed by atoms with Gasteiger partial charge in [0.1, 0.15) is 0 Å². The Hall–Kier alpha value is -1.69. The van der Waals surface area contributed by atoms with Crippen molar-refractivity contribution >= 4 is 34.2 Å². The van der Waals surface area contributed by atoms with Crippen molar-refractivity contribution < 1.29 is 4.79 Å². The van der Waals surface area contributed by atoms with Crippen LogP contribution < -0.4 is 5.43 Å². The van der Waals surface area contributed by atoms with Crippen LogP contribution in [0.1, 0.15) is 24.5 Å². The molecule has 2 rings (SSSR count). The molecule has 3 nitrogen and oxygen atoms in total. The molecule has 0 aliphatic rings. The SMILES string of the molecule is C/C(=N/NC(=O)CCc1ccccc1)c1cccc(I)c1. The summed E-state index contributed by atoms with van der Waals surface area (Å²) in [5, 5.41) is 4.16. The van der Waals surface area contributed by atoms with Crippen LogP contribution >= 0.6 is 22.6 Å². The Morgan fingerprint density at radius 1 is 1.14 bits per heavy atom. The van der Waals surface area contributed by atoms with Gasteiger partial charge in [-0.3, -0.25) is 4.79 Å². The smallest absolute Gasteiger partial charge is 0.240 e. The normalized spacial score (nSPS) is 11.2. The molecule has 21 heavy (non-hydrogen) atoms. The first-order valence-electron chi connectivity index (χ1n) is 6.78. The lowest BCUT2D eigenvalue weighted by atomic mass is 10.1. The van der Waals surface area contributed by atoms with Crippen LogP contribution in [0, 0.1) is 3.57 Å². The minimum Gasteiger partial charge on any atom is -0.273 e. The minimum atomic E-state index is -0.0659. The van der Waals surface area contributed by atoms with Crippen molar-refractivity contribution in [1.29, 1.82) is 0 Å². The molecule has 0 aliphatic heterocycles. The quantitative estimate of drug-likeness (QED) is 0.470. The maximum Gasteiger partial charge on any atom is 0.240 e. The van der Waals surface area contributed by atoms with Crippen LogP contribution in [0.5, 0.6) is 0 Å². The number of hydrogen-bond donors (Lipinski definition) is 1. The molecular formula is C17H17IN2O. The largest absolute Gasteiger partial charge is 0.273 e. The zero-order chi connectivity index (χ0) is 15.1. The van der Waals surface area contributed by atoms with E-state index in [9.17, 15) is 4.79 Å². The molecular weight excluding hydrogens is 375 g/mol. The van der Waals surface area contributed by atoms with E-state index in [1.807, 2.05) is 61.5 Å². The first-order valence-corrected chi connectivity index (χ1v) is 7.86. The molecule has 2 aromatic carbocycles. The summed E-state index contributed by atoms with van der Waals surface area (Å²) < 4.78 is 1.15. The lowest BCUT2D eigenvalue weighted by Crippen LogP contribution is -2.19. The number of aryl methyl sites for hydroxylation is 1. The van der Waals surface area contributed by atoms with Crippen molar-refractivity contribution in [1.82, 2.24) is 5.43 Å². The number of rotatable bonds is 5. The zero-order valence-electron chi connectivity index (χ0n) is 11.8. The van der Waals surface area contributed by atoms with Crippen molar-refractivity contribution in [3.05, 3.63) is 69.3 Å². The van der Waals surface area contributed by atoms with E-state index in [1.165, 1.54) is 0 Å². The summed E-state index contributed by atoms with van der Waals surface area (Å²) in [6.07, 6.45) is 1.16. The van der Waals surface area contributed by atoms with Crippen LogP contribution in [0.4, 0.5) is 0 Å². The first-order chi connectivity index (χ1) is 10.1. The third kappa shape index (κ3) is 5.30. The van der Waals surface area contributed by atoms with Gasteiger partial charge in [-0.05, 0) is 59.2 Å². The molecule has 0 radical (unpaired) electrons. The Morgan fingerprint density at radius 3 is 2.62 bits per heavy atom. The number of carbonyl (C=O) groups is 1. The lowest BCUT2D eigenvalue weighted by Gasteiger charge is -2.04. The van der Waals surface area contributed by atoms with Crippen molar-refractivity contribution in [2.24, 2.45) is 5.10 Å². The first kappa shape index (κ1) is 15.7. The van der Waals surface area contributed by atoms with E-state index in [1.54, 1.807) is 0 Å². The van der Waals surface area contributed by atoms with Gasteiger partial charge >= 0.3 is 0 Å². The summed E-state index contributed by atoms with van der Waals surface area (Å²) in [7, 11) is 0. The number of carbonyl (C=O) groups excluding carboxylic acids is 1. The number of halogens is 1. The summed E-state index contributed by atoms with van der Waals surface area (Å²) in [6, 6.07) is 18.0. The summed E-state index contributed by atoms with van der Waals surface area (Å²) in [6.45, 7) is 1.89. The molecule has 0 bridgehead atoms. The van der Waals surface area contributed by atoms with E-state index in [4.69, 9.17) is 0 Å². The fourth-order valence-corrected chi connectivity index (χ4v) is 2.43. The molecule has 108 valence electrons. The van der Waals surface area contributed by atoms with E-state index < -0.39 is 0 Å². The van der Waals surface area contributed by atoms with Crippen molar-refractivity contribution in [3.8, 4) is 0 Å². The molecule has 0 aliphatic carbocycles. The molecule has 0 fully saturated rings. The third-order valence-electron chi connectivity index (χ3n) is 3.07. The molecule has 0 unspecified atom stereocenters. The molecule has 1 N–H and O–H groups in total. The lowest BCUT2D eigenvalue weighted by molar-refractivity contribution is -0.121. The zero-order valence-corrected chi connectivity index (χ0v) is 14.0. The number of benzene rings is 2. The van der Waals surface area contributed by atoms with E-state index in [2.05, 4.69) is 33.1 Å². The van der Waals surface area contributed by atoms with Crippen LogP contribution in [0.25, 0.3) is 0 Å². The monoisotopic (exact) mass is 392 g/mol. The predicted octanol–water partition coefficient (Wildman–Crippen LogP) is 3.76. The topological polar surface area (TPSA) is 41.5 Å². The number of nitrogens with zero attached hydrogens (tertiary/aromatic N) is 1. The molecule has 0 heterocycles. The average molecular weight is 392 g/mol. The highest BCUT2D eigenvalue weighted by atomic mass is 127. The molecule has 0 saturated carbocycles. The number of amides is 1. The second kappa shape index (κ2) is 7.93. The fraction of sp³-hybridized carbons (Fsp3) is 0.176. The maximum atomic E-state index is 11.8. The number of hydrogen-bond acceptors (Lipinski definition) is 2. The second-order valence-electron chi connectivity index (χ2n) is 4.73. The van der Waals surface area contributed by atoms with Gasteiger partial charge in [0.25, 0.3) is 0 Å². The summed E-state index contributed by atoms with van der Waals surface area (Å²) in [5.41, 5.74) is 5.60. The maximum absolute atomic E-state index is 11.8. The second-order valence-corrected chi connectivity index (χ2v) is 5.97. The van der Waals surface area contributed by atoms with Crippen LogP contribution in [0.3, 0.4) is 0 Å². The Morgan fingerprint density at radius 2 is 1.90 bits per heavy atom. The van der Waals surface area contributed by atoms with Gasteiger partial charge in [0.15, 0.2) is 0 Å². The van der Waals surface area contributed by atoms with E-state index in [0.717, 1.165) is 26.8 Å². The molecule has 0 aromatic heterocycles. The van der Waals surface area contributed by atoms with E-state index in [0.29, 0.717) is 6.42 Å². The van der Waals surface area contributed by atoms with Crippen molar-refractivity contribution in [2.45, 2.75) is 19.8 Å². The van der Waals surface area contributed by atoms with Crippen molar-refractivity contribution in [2.75, 3.05) is 0 Å². The van der Waals surface area contributed by atoms with Crippen LogP contribution in [0.15, 0.2) is 59.7 Å². The standard InChI is InChI=1S/C17H17IN2O/c1-13(15-8-5-9-16(18)12-15)19-20-17(21)11-10-14-6-3-2-4-7-14/h2-9,12H,10-11H2,1H3,(H,20,21)/b19-13-. The van der Waals surface area contributed by atoms with Gasteiger partial charge in [0.05, 0.1) is 5.71 Å². The van der Waals surface area contributed by atoms with E-state index >= 15 is 0 Å². The van der Waals surface area contributed by atoms with Gasteiger partial charge in [0, 0.05) is 9.99 Å². The van der Waals surface area contributed by atoms with Gasteiger partial charge in [-0.1, -0.05) is 42.5 Å². The van der Waals surface area contributed by atoms with Crippen LogP contribution in [-0.2, 0) is 11.2 Å². The molecule has 2 aromatic rings. The van der Waals surface area contributed by atoms with Gasteiger partial charge in [-0.15, -0.1) is 0 Å². The molecule has 0 atom stereocenters. The van der Waals surface area contributed by atoms with Crippen LogP contribution in [-0.4, -0.2) is 11.6 Å². The minimum absolute atomic E-state index is 0.0659. The third-order valence-corrected chi connectivity index (χ3v) is 3.75. The molecule has 0 spiro atoms. The number of hydrazone groups is 1. The summed E-state index contributed by atoms with van der Waals surface area (Å²) >= 11 is 2.26. The van der Waals surface area contributed by atoms with Gasteiger partial charge in [0.2, 0.25) is 5.91 Å². The Labute approximate surface area is 138 Å². The highest BCUT2D eigenvalue weighted by Crippen LogP contribution is 2.08. The Balaban J connectivity index is 1.87. The predicted molar refractivity (Wildman–Crippen MR) is 94.3 cm³/mol. The van der Waals surface area contributed by atoms with Crippen molar-refractivity contribution in [3.63, 3.8) is 0 Å². The highest BCUT2D eigenvalue weighted by Gasteiger charge is 2.02. The van der Waals surface area contributed by atoms with Crippen LogP contribution in [0.2, 0.25) is 0 Å². The van der Waals surface area contributed by atoms with Gasteiger partial charge in [-0.25, -0.2) is 5.43 Å². The molecule has 1 amide bonds. The number of nitrogens with one attached hydrogen (secondary N) is 1. The average Bonchev–Trinajstić information content (AvgIpc) is 2.51. The van der Waals surface area contributed by atoms with Gasteiger partial charge in [-0.2, -0.15) is 5.10 Å². The fourth-order valence-electron chi connectivity index (χ4n) is 1.88. The Kier molecular flexibility index (Phi) is 5.92. The van der Waals surface area contributed by atoms with E-state index in [-0.39, 0.29) is 5.91 Å². The highest BCUT2D eigenvalue weighted by molar-refractivity contribution is 14.1. The summed E-state index contributed by atoms with van der Waals surface area (Å²) in [5.74, 6) is -0.0659. The Bertz CT molecular complexity index is 638. The molecule has 0 saturated heterocycles. The summed E-state index contributed by atoms with van der Waals surface area (Å²) in [4.78, 5) is 11.8.